The Morgan fingerprint density at radius 3 is 2.18 bits per heavy atom. The molecular weight excluding hydrogens is 701 g/mol. The number of nitrogens with zero attached hydrogens (tertiary/aromatic N) is 2. The SMILES string of the molecule is C=C[C@H]1NC(=C)N[C@H]1CC.CC.CC.CCCCCC(=O)NCCOCCOCCCCCCCCNC(=O)[C@H]1CC[C@@H](CN=C(C)c2ccccc2C)N1C. The maximum Gasteiger partial charge on any atom is 0.237 e. The van der Waals surface area contributed by atoms with E-state index < -0.39 is 0 Å². The largest absolute Gasteiger partial charge is 0.379 e. The molecule has 0 radical (unpaired) electrons. The Kier molecular flexibility index (Phi) is 33.0. The summed E-state index contributed by atoms with van der Waals surface area (Å²) >= 11 is 0. The monoisotopic (exact) mass is 785 g/mol. The van der Waals surface area contributed by atoms with Crippen molar-refractivity contribution in [1.82, 2.24) is 26.2 Å². The highest BCUT2D eigenvalue weighted by molar-refractivity contribution is 5.99. The summed E-state index contributed by atoms with van der Waals surface area (Å²) in [7, 11) is 2.06. The van der Waals surface area contributed by atoms with E-state index in [1.807, 2.05) is 33.8 Å². The molecule has 10 nitrogen and oxygen atoms in total. The van der Waals surface area contributed by atoms with Crippen LogP contribution in [-0.2, 0) is 19.1 Å². The first-order valence-corrected chi connectivity index (χ1v) is 22.0. The highest BCUT2D eigenvalue weighted by atomic mass is 16.5. The predicted octanol–water partition coefficient (Wildman–Crippen LogP) is 8.49. The van der Waals surface area contributed by atoms with Gasteiger partial charge in [-0.05, 0) is 70.5 Å². The van der Waals surface area contributed by atoms with Gasteiger partial charge in [0.05, 0.1) is 50.3 Å². The Morgan fingerprint density at radius 1 is 0.875 bits per heavy atom. The van der Waals surface area contributed by atoms with Crippen LogP contribution in [-0.4, -0.2) is 99.7 Å². The van der Waals surface area contributed by atoms with Crippen LogP contribution < -0.4 is 21.3 Å². The molecule has 1 aromatic carbocycles. The predicted molar refractivity (Wildman–Crippen MR) is 239 cm³/mol. The zero-order valence-corrected chi connectivity index (χ0v) is 37.3. The Balaban J connectivity index is 0.00000183. The van der Waals surface area contributed by atoms with Crippen LogP contribution >= 0.6 is 0 Å². The molecule has 10 heteroatoms. The third kappa shape index (κ3) is 23.1. The van der Waals surface area contributed by atoms with Gasteiger partial charge in [0.15, 0.2) is 0 Å². The van der Waals surface area contributed by atoms with Crippen molar-refractivity contribution < 1.29 is 19.1 Å². The Bertz CT molecular complexity index is 1210. The summed E-state index contributed by atoms with van der Waals surface area (Å²) in [6.07, 6.45) is 15.5. The van der Waals surface area contributed by atoms with Crippen molar-refractivity contribution in [2.75, 3.05) is 53.1 Å². The van der Waals surface area contributed by atoms with E-state index in [0.717, 1.165) is 95.4 Å². The number of amides is 2. The lowest BCUT2D eigenvalue weighted by Crippen LogP contribution is -2.44. The first-order chi connectivity index (χ1) is 27.2. The molecule has 4 N–H and O–H groups in total. The smallest absolute Gasteiger partial charge is 0.237 e. The van der Waals surface area contributed by atoms with Crippen molar-refractivity contribution in [1.29, 1.82) is 0 Å². The maximum atomic E-state index is 12.8. The molecule has 2 heterocycles. The summed E-state index contributed by atoms with van der Waals surface area (Å²) in [5.41, 5.74) is 3.52. The van der Waals surface area contributed by atoms with E-state index in [1.165, 1.54) is 24.0 Å². The number of ether oxygens (including phenoxy) is 2. The molecule has 56 heavy (non-hydrogen) atoms. The van der Waals surface area contributed by atoms with Gasteiger partial charge in [-0.2, -0.15) is 0 Å². The fourth-order valence-corrected chi connectivity index (χ4v) is 6.66. The van der Waals surface area contributed by atoms with Crippen LogP contribution in [0.4, 0.5) is 0 Å². The molecule has 0 spiro atoms. The average Bonchev–Trinajstić information content (AvgIpc) is 3.79. The lowest BCUT2D eigenvalue weighted by Gasteiger charge is -2.24. The topological polar surface area (TPSA) is 116 Å². The van der Waals surface area contributed by atoms with Crippen molar-refractivity contribution in [2.24, 2.45) is 4.99 Å². The molecule has 0 aromatic heterocycles. The molecule has 0 bridgehead atoms. The number of nitrogens with one attached hydrogen (secondary N) is 4. The quantitative estimate of drug-likeness (QED) is 0.0447. The number of aryl methyl sites for hydroxylation is 1. The molecule has 4 atom stereocenters. The van der Waals surface area contributed by atoms with Crippen molar-refractivity contribution in [2.45, 2.75) is 163 Å². The molecule has 1 aromatic rings. The standard InChI is InChI=1S/C34H58N4O4.C8H14N2.2C2H6/c1-5-6-11-18-33(39)35-22-24-42-26-25-41-23-15-10-8-7-9-14-21-36-34(40)32-20-19-30(38(32)4)27-37-29(3)31-17-13-12-16-28(31)2;1-4-7-8(5-2)10-6(3)9-7;2*1-2/h12-13,16-17,30,32H,5-11,14-15,18-27H2,1-4H3,(H,35,39)(H,36,40);4,7-10H,1,3,5H2,2H3;2*1-2H3/t30-,32+;7-,8+;;/m01../s1. The number of hydrogen-bond acceptors (Lipinski definition) is 8. The zero-order chi connectivity index (χ0) is 42.0. The molecule has 322 valence electrons. The Hall–Kier alpha value is -3.21. The van der Waals surface area contributed by atoms with Gasteiger partial charge in [-0.3, -0.25) is 19.5 Å². The van der Waals surface area contributed by atoms with Crippen LogP contribution in [0.2, 0.25) is 0 Å². The molecule has 3 rings (SSSR count). The maximum absolute atomic E-state index is 12.8. The molecule has 2 amide bonds. The van der Waals surface area contributed by atoms with E-state index in [1.54, 1.807) is 0 Å². The summed E-state index contributed by atoms with van der Waals surface area (Å²) in [6, 6.07) is 9.46. The Morgan fingerprint density at radius 2 is 1.54 bits per heavy atom. The number of likely N-dealkylation sites (tertiary alicyclic amines) is 1. The van der Waals surface area contributed by atoms with Crippen LogP contribution in [0, 0.1) is 6.92 Å². The van der Waals surface area contributed by atoms with E-state index in [2.05, 4.69) is 98.3 Å². The van der Waals surface area contributed by atoms with Gasteiger partial charge < -0.3 is 30.7 Å². The second kappa shape index (κ2) is 35.0. The molecule has 2 aliphatic rings. The molecule has 2 fully saturated rings. The van der Waals surface area contributed by atoms with Crippen LogP contribution in [0.5, 0.6) is 0 Å². The van der Waals surface area contributed by atoms with E-state index in [0.29, 0.717) is 50.9 Å². The minimum Gasteiger partial charge on any atom is -0.379 e. The van der Waals surface area contributed by atoms with Crippen molar-refractivity contribution in [3.8, 4) is 0 Å². The second-order valence-electron chi connectivity index (χ2n) is 14.1. The van der Waals surface area contributed by atoms with Gasteiger partial charge in [-0.25, -0.2) is 0 Å². The molecule has 0 unspecified atom stereocenters. The number of likely N-dealkylation sites (N-methyl/N-ethyl adjacent to an activating group) is 1. The third-order valence-corrected chi connectivity index (χ3v) is 10.0. The van der Waals surface area contributed by atoms with Crippen LogP contribution in [0.1, 0.15) is 143 Å². The van der Waals surface area contributed by atoms with Gasteiger partial charge in [0.25, 0.3) is 0 Å². The number of hydrogen-bond donors (Lipinski definition) is 4. The van der Waals surface area contributed by atoms with Crippen molar-refractivity contribution >= 4 is 17.5 Å². The molecule has 2 saturated heterocycles. The van der Waals surface area contributed by atoms with E-state index in [9.17, 15) is 9.59 Å². The van der Waals surface area contributed by atoms with Gasteiger partial charge >= 0.3 is 0 Å². The van der Waals surface area contributed by atoms with Gasteiger partial charge in [0, 0.05) is 37.9 Å². The number of unbranched alkanes of at least 4 members (excludes halogenated alkanes) is 7. The van der Waals surface area contributed by atoms with Crippen LogP contribution in [0.25, 0.3) is 0 Å². The highest BCUT2D eigenvalue weighted by Gasteiger charge is 2.34. The summed E-state index contributed by atoms with van der Waals surface area (Å²) in [4.78, 5) is 31.5. The first kappa shape index (κ1) is 52.8. The fourth-order valence-electron chi connectivity index (χ4n) is 6.66. The normalized spacial score (nSPS) is 18.9. The average molecular weight is 785 g/mol. The number of rotatable bonds is 25. The van der Waals surface area contributed by atoms with Crippen molar-refractivity contribution in [3.63, 3.8) is 0 Å². The summed E-state index contributed by atoms with van der Waals surface area (Å²) in [6.45, 7) is 28.5. The first-order valence-electron chi connectivity index (χ1n) is 22.0. The van der Waals surface area contributed by atoms with Gasteiger partial charge in [0.2, 0.25) is 11.8 Å². The van der Waals surface area contributed by atoms with E-state index in [4.69, 9.17) is 14.5 Å². The summed E-state index contributed by atoms with van der Waals surface area (Å²) in [5, 5.41) is 12.5. The van der Waals surface area contributed by atoms with Gasteiger partial charge in [-0.1, -0.05) is 117 Å². The Labute approximate surface area is 343 Å². The third-order valence-electron chi connectivity index (χ3n) is 10.0. The molecule has 2 aliphatic heterocycles. The zero-order valence-electron chi connectivity index (χ0n) is 37.3. The molecule has 0 aliphatic carbocycles. The van der Waals surface area contributed by atoms with E-state index >= 15 is 0 Å². The highest BCUT2D eigenvalue weighted by Crippen LogP contribution is 2.23. The fraction of sp³-hybridized carbons (Fsp3) is 0.717. The van der Waals surface area contributed by atoms with Crippen LogP contribution in [0.15, 0.2) is 54.3 Å². The number of carbonyl (C=O) groups is 2. The van der Waals surface area contributed by atoms with Gasteiger partial charge in [-0.15, -0.1) is 6.58 Å². The van der Waals surface area contributed by atoms with E-state index in [-0.39, 0.29) is 17.9 Å². The lowest BCUT2D eigenvalue weighted by molar-refractivity contribution is -0.125. The van der Waals surface area contributed by atoms with Gasteiger partial charge in [0.1, 0.15) is 0 Å². The molecular formula is C46H84N6O4. The number of benzene rings is 1. The minimum atomic E-state index is -0.0458. The van der Waals surface area contributed by atoms with Crippen molar-refractivity contribution in [3.05, 3.63) is 60.4 Å². The van der Waals surface area contributed by atoms with Crippen LogP contribution in [0.3, 0.4) is 0 Å². The summed E-state index contributed by atoms with van der Waals surface area (Å²) < 4.78 is 11.2. The lowest BCUT2D eigenvalue weighted by atomic mass is 10.1. The number of carbonyl (C=O) groups excluding carboxylic acids is 2. The minimum absolute atomic E-state index is 0.0458. The second-order valence-corrected chi connectivity index (χ2v) is 14.1. The summed E-state index contributed by atoms with van der Waals surface area (Å²) in [5.74, 6) is 1.19. The molecule has 0 saturated carbocycles. The number of aliphatic imine (C=N–C) groups is 1.